The molecule has 17 heavy (non-hydrogen) atoms. The molecule has 0 amide bonds. The Morgan fingerprint density at radius 3 is 1.65 bits per heavy atom. The third-order valence-electron chi connectivity index (χ3n) is 1.37. The van der Waals surface area contributed by atoms with Crippen LogP contribution >= 0.6 is 0 Å². The third-order valence-corrected chi connectivity index (χ3v) is 1.90. The lowest BCUT2D eigenvalue weighted by molar-refractivity contribution is 0.283. The second-order valence-electron chi connectivity index (χ2n) is 3.40. The van der Waals surface area contributed by atoms with Gasteiger partial charge in [-0.2, -0.15) is 8.42 Å². The zero-order valence-corrected chi connectivity index (χ0v) is 12.2. The number of aliphatic imine (C=N–C) groups is 1. The van der Waals surface area contributed by atoms with Crippen molar-refractivity contribution in [3.63, 3.8) is 0 Å². The molecule has 0 aliphatic carbocycles. The van der Waals surface area contributed by atoms with E-state index in [2.05, 4.69) is 9.18 Å². The molecule has 0 heterocycles. The van der Waals surface area contributed by atoms with Crippen molar-refractivity contribution in [3.05, 3.63) is 0 Å². The summed E-state index contributed by atoms with van der Waals surface area (Å²) in [6.07, 6.45) is 0. The number of nitrogens with zero attached hydrogens (tertiary/aromatic N) is 3. The van der Waals surface area contributed by atoms with Gasteiger partial charge in [0.25, 0.3) is 0 Å². The molecule has 0 aromatic rings. The molecule has 0 fully saturated rings. The molecule has 1 N–H and O–H groups in total. The van der Waals surface area contributed by atoms with Gasteiger partial charge in [-0.3, -0.25) is 9.55 Å². The van der Waals surface area contributed by atoms with Crippen molar-refractivity contribution in [3.8, 4) is 0 Å². The summed E-state index contributed by atoms with van der Waals surface area (Å²) in [5.41, 5.74) is 0. The quantitative estimate of drug-likeness (QED) is 0.451. The molecule has 104 valence electrons. The molecule has 0 rings (SSSR count). The van der Waals surface area contributed by atoms with E-state index in [1.54, 1.807) is 0 Å². The van der Waals surface area contributed by atoms with Crippen LogP contribution in [-0.2, 0) is 14.6 Å². The van der Waals surface area contributed by atoms with Crippen molar-refractivity contribution < 1.29 is 17.2 Å². The summed E-state index contributed by atoms with van der Waals surface area (Å²) < 4.78 is 30.7. The molecule has 0 saturated heterocycles. The van der Waals surface area contributed by atoms with Crippen molar-refractivity contribution in [2.24, 2.45) is 4.99 Å². The van der Waals surface area contributed by atoms with Crippen LogP contribution in [0.4, 0.5) is 0 Å². The highest BCUT2D eigenvalue weighted by molar-refractivity contribution is 7.80. The van der Waals surface area contributed by atoms with Crippen molar-refractivity contribution in [1.29, 1.82) is 0 Å². The van der Waals surface area contributed by atoms with Crippen LogP contribution in [0.25, 0.3) is 0 Å². The zero-order valence-electron chi connectivity index (χ0n) is 11.3. The van der Waals surface area contributed by atoms with E-state index >= 15 is 0 Å². The minimum Gasteiger partial charge on any atom is -0.349 e. The van der Waals surface area contributed by atoms with Crippen molar-refractivity contribution in [2.75, 3.05) is 41.3 Å². The molecule has 0 aromatic heterocycles. The Morgan fingerprint density at radius 2 is 1.59 bits per heavy atom. The van der Waals surface area contributed by atoms with Gasteiger partial charge in [0.1, 0.15) is 0 Å². The third kappa shape index (κ3) is 13.1. The van der Waals surface area contributed by atoms with Crippen LogP contribution in [0.3, 0.4) is 0 Å². The summed E-state index contributed by atoms with van der Waals surface area (Å²) in [4.78, 5) is 8.30. The standard InChI is InChI=1S/C7H17N3.C2H6O4S/c1-6-8-7(9(2)3)10(4)5;1-2-6-7(3,4)5/h6H2,1-5H3;2H2,1H3,(H,3,4,5). The van der Waals surface area contributed by atoms with E-state index in [9.17, 15) is 8.42 Å². The fourth-order valence-electron chi connectivity index (χ4n) is 0.973. The normalized spacial score (nSPS) is 10.1. The van der Waals surface area contributed by atoms with Gasteiger partial charge in [-0.1, -0.05) is 0 Å². The first kappa shape index (κ1) is 18.5. The molecule has 0 radical (unpaired) electrons. The Hall–Kier alpha value is -0.860. The monoisotopic (exact) mass is 269 g/mol. The van der Waals surface area contributed by atoms with Crippen LogP contribution in [0, 0.1) is 0 Å². The average molecular weight is 269 g/mol. The number of hydrogen-bond acceptors (Lipinski definition) is 4. The van der Waals surface area contributed by atoms with Gasteiger partial charge in [0.2, 0.25) is 0 Å². The van der Waals surface area contributed by atoms with E-state index in [4.69, 9.17) is 4.55 Å². The summed E-state index contributed by atoms with van der Waals surface area (Å²) >= 11 is 0. The van der Waals surface area contributed by atoms with Gasteiger partial charge < -0.3 is 9.80 Å². The Labute approximate surface area is 104 Å². The second-order valence-corrected chi connectivity index (χ2v) is 4.49. The molecule has 0 atom stereocenters. The maximum Gasteiger partial charge on any atom is 0.397 e. The topological polar surface area (TPSA) is 82.4 Å². The summed E-state index contributed by atoms with van der Waals surface area (Å²) in [6, 6.07) is 0. The van der Waals surface area contributed by atoms with E-state index in [0.717, 1.165) is 12.5 Å². The van der Waals surface area contributed by atoms with Crippen LogP contribution in [0.2, 0.25) is 0 Å². The maximum atomic E-state index is 9.56. The molecule has 0 aliphatic rings. The van der Waals surface area contributed by atoms with Gasteiger partial charge in [-0.15, -0.1) is 0 Å². The molecule has 7 nitrogen and oxygen atoms in total. The highest BCUT2D eigenvalue weighted by atomic mass is 32.3. The lowest BCUT2D eigenvalue weighted by atomic mass is 10.7. The van der Waals surface area contributed by atoms with Gasteiger partial charge in [0.05, 0.1) is 6.61 Å². The van der Waals surface area contributed by atoms with Crippen LogP contribution in [0.15, 0.2) is 4.99 Å². The molecule has 8 heteroatoms. The fraction of sp³-hybridized carbons (Fsp3) is 0.889. The number of rotatable bonds is 3. The van der Waals surface area contributed by atoms with Crippen molar-refractivity contribution in [1.82, 2.24) is 9.80 Å². The molecule has 0 aromatic carbocycles. The lowest BCUT2D eigenvalue weighted by Crippen LogP contribution is -2.35. The van der Waals surface area contributed by atoms with E-state index in [0.29, 0.717) is 0 Å². The highest BCUT2D eigenvalue weighted by Gasteiger charge is 2.01. The average Bonchev–Trinajstić information content (AvgIpc) is 2.12. The predicted octanol–water partition coefficient (Wildman–Crippen LogP) is 0.311. The molecule has 0 unspecified atom stereocenters. The number of guanidine groups is 1. The largest absolute Gasteiger partial charge is 0.397 e. The first-order valence-electron chi connectivity index (χ1n) is 5.16. The van der Waals surface area contributed by atoms with Crippen molar-refractivity contribution >= 4 is 16.4 Å². The Morgan fingerprint density at radius 1 is 1.18 bits per heavy atom. The van der Waals surface area contributed by atoms with Crippen molar-refractivity contribution in [2.45, 2.75) is 13.8 Å². The van der Waals surface area contributed by atoms with Gasteiger partial charge >= 0.3 is 10.4 Å². The van der Waals surface area contributed by atoms with Gasteiger partial charge in [0.15, 0.2) is 5.96 Å². The maximum absolute atomic E-state index is 9.56. The Kier molecular flexibility index (Phi) is 10.0. The predicted molar refractivity (Wildman–Crippen MR) is 68.5 cm³/mol. The van der Waals surface area contributed by atoms with Gasteiger partial charge in [-0.25, -0.2) is 4.18 Å². The Balaban J connectivity index is 0. The fourth-order valence-corrected chi connectivity index (χ4v) is 1.27. The van der Waals surface area contributed by atoms with Crippen LogP contribution < -0.4 is 0 Å². The highest BCUT2D eigenvalue weighted by Crippen LogP contribution is 1.87. The second kappa shape index (κ2) is 9.20. The molecule has 0 spiro atoms. The minimum absolute atomic E-state index is 0.0289. The van der Waals surface area contributed by atoms with Crippen LogP contribution in [0.5, 0.6) is 0 Å². The first-order chi connectivity index (χ1) is 7.65. The summed E-state index contributed by atoms with van der Waals surface area (Å²) in [5.74, 6) is 1.02. The summed E-state index contributed by atoms with van der Waals surface area (Å²) in [7, 11) is 3.80. The molecular formula is C9H23N3O4S. The SMILES string of the molecule is CCN=C(N(C)C)N(C)C.CCOS(=O)(=O)O. The van der Waals surface area contributed by atoms with Gasteiger partial charge in [-0.05, 0) is 13.8 Å². The van der Waals surface area contributed by atoms with Crippen LogP contribution in [-0.4, -0.2) is 70.1 Å². The number of hydrogen-bond donors (Lipinski definition) is 1. The molecule has 0 bridgehead atoms. The molecular weight excluding hydrogens is 246 g/mol. The van der Waals surface area contributed by atoms with E-state index in [1.165, 1.54) is 6.92 Å². The molecule has 0 saturated carbocycles. The lowest BCUT2D eigenvalue weighted by Gasteiger charge is -2.22. The van der Waals surface area contributed by atoms with E-state index in [1.807, 2.05) is 44.9 Å². The van der Waals surface area contributed by atoms with Gasteiger partial charge in [0, 0.05) is 34.7 Å². The first-order valence-corrected chi connectivity index (χ1v) is 6.53. The zero-order chi connectivity index (χ0) is 14.1. The smallest absolute Gasteiger partial charge is 0.349 e. The van der Waals surface area contributed by atoms with E-state index in [-0.39, 0.29) is 6.61 Å². The van der Waals surface area contributed by atoms with E-state index < -0.39 is 10.4 Å². The summed E-state index contributed by atoms with van der Waals surface area (Å²) in [5, 5.41) is 0. The van der Waals surface area contributed by atoms with Crippen LogP contribution in [0.1, 0.15) is 13.8 Å². The Bertz CT molecular complexity index is 302. The minimum atomic E-state index is -4.17. The molecule has 0 aliphatic heterocycles. The summed E-state index contributed by atoms with van der Waals surface area (Å²) in [6.45, 7) is 4.31.